The molecule has 3 heteroatoms. The number of benzene rings is 1. The van der Waals surface area contributed by atoms with E-state index in [9.17, 15) is 5.26 Å². The summed E-state index contributed by atoms with van der Waals surface area (Å²) < 4.78 is 0. The Morgan fingerprint density at radius 1 is 1.35 bits per heavy atom. The molecule has 1 aromatic carbocycles. The summed E-state index contributed by atoms with van der Waals surface area (Å²) in [6, 6.07) is 8.84. The number of hydrogen-bond acceptors (Lipinski definition) is 3. The maximum atomic E-state index is 9.40. The molecule has 0 spiro atoms. The van der Waals surface area contributed by atoms with Gasteiger partial charge in [0.15, 0.2) is 0 Å². The Balaban J connectivity index is 3.04. The van der Waals surface area contributed by atoms with E-state index < -0.39 is 0 Å². The van der Waals surface area contributed by atoms with Gasteiger partial charge in [-0.15, -0.1) is 0 Å². The quantitative estimate of drug-likeness (QED) is 0.892. The molecule has 0 saturated heterocycles. The number of hydrogen-bond donors (Lipinski definition) is 1. The lowest BCUT2D eigenvalue weighted by molar-refractivity contribution is 0.329. The minimum Gasteiger partial charge on any atom is -0.370 e. The molecular weight excluding hydrogens is 246 g/mol. The van der Waals surface area contributed by atoms with E-state index in [2.05, 4.69) is 70.1 Å². The Labute approximate surface area is 123 Å². The van der Waals surface area contributed by atoms with E-state index in [-0.39, 0.29) is 5.41 Å². The fourth-order valence-electron chi connectivity index (χ4n) is 2.15. The molecule has 1 aromatic rings. The highest BCUT2D eigenvalue weighted by Gasteiger charge is 2.25. The van der Waals surface area contributed by atoms with Crippen LogP contribution in [0.25, 0.3) is 0 Å². The summed E-state index contributed by atoms with van der Waals surface area (Å²) in [5.74, 6) is 0. The van der Waals surface area contributed by atoms with Gasteiger partial charge in [0.05, 0.1) is 11.3 Å². The van der Waals surface area contributed by atoms with Crippen LogP contribution in [0.3, 0.4) is 0 Å². The predicted molar refractivity (Wildman–Crippen MR) is 85.9 cm³/mol. The minimum atomic E-state index is 0.171. The number of nitriles is 1. The first-order chi connectivity index (χ1) is 9.31. The van der Waals surface area contributed by atoms with Crippen LogP contribution in [-0.4, -0.2) is 19.6 Å². The molecule has 1 atom stereocenters. The number of nitrogens with zero attached hydrogens (tertiary/aromatic N) is 2. The third-order valence-corrected chi connectivity index (χ3v) is 3.97. The maximum Gasteiger partial charge on any atom is 0.101 e. The van der Waals surface area contributed by atoms with Crippen LogP contribution in [0.15, 0.2) is 18.2 Å². The zero-order chi connectivity index (χ0) is 15.3. The highest BCUT2D eigenvalue weighted by molar-refractivity contribution is 5.60. The Morgan fingerprint density at radius 3 is 2.50 bits per heavy atom. The van der Waals surface area contributed by atoms with Gasteiger partial charge in [0, 0.05) is 19.6 Å². The molecule has 0 aliphatic heterocycles. The van der Waals surface area contributed by atoms with Crippen LogP contribution < -0.4 is 10.2 Å². The van der Waals surface area contributed by atoms with Crippen molar-refractivity contribution in [2.45, 2.75) is 47.2 Å². The van der Waals surface area contributed by atoms with E-state index >= 15 is 0 Å². The van der Waals surface area contributed by atoms with E-state index in [1.807, 2.05) is 6.07 Å². The molecule has 1 unspecified atom stereocenters. The summed E-state index contributed by atoms with van der Waals surface area (Å²) in [4.78, 5) is 2.20. The van der Waals surface area contributed by atoms with Crippen molar-refractivity contribution >= 4 is 5.69 Å². The molecule has 0 heterocycles. The standard InChI is InChI=1S/C17H27N3/c1-7-19-12-14-8-9-16(15(10-14)11-18)20(6)13(2)17(3,4)5/h8-10,13,19H,7,12H2,1-6H3. The molecule has 0 radical (unpaired) electrons. The zero-order valence-electron chi connectivity index (χ0n) is 13.6. The van der Waals surface area contributed by atoms with Crippen LogP contribution in [0.4, 0.5) is 5.69 Å². The molecular formula is C17H27N3. The topological polar surface area (TPSA) is 39.1 Å². The predicted octanol–water partition coefficient (Wildman–Crippen LogP) is 3.54. The Kier molecular flexibility index (Phi) is 5.59. The van der Waals surface area contributed by atoms with Gasteiger partial charge < -0.3 is 10.2 Å². The molecule has 0 bridgehead atoms. The Morgan fingerprint density at radius 2 is 2.00 bits per heavy atom. The fraction of sp³-hybridized carbons (Fsp3) is 0.588. The molecule has 3 nitrogen and oxygen atoms in total. The number of rotatable bonds is 5. The van der Waals surface area contributed by atoms with Crippen molar-refractivity contribution in [2.75, 3.05) is 18.5 Å². The smallest absolute Gasteiger partial charge is 0.101 e. The first kappa shape index (κ1) is 16.5. The van der Waals surface area contributed by atoms with Crippen LogP contribution in [-0.2, 0) is 6.54 Å². The van der Waals surface area contributed by atoms with Crippen LogP contribution in [0.2, 0.25) is 0 Å². The van der Waals surface area contributed by atoms with Gasteiger partial charge >= 0.3 is 0 Å². The molecule has 1 N–H and O–H groups in total. The highest BCUT2D eigenvalue weighted by atomic mass is 15.1. The van der Waals surface area contributed by atoms with Crippen molar-refractivity contribution < 1.29 is 0 Å². The van der Waals surface area contributed by atoms with Gasteiger partial charge in [-0.2, -0.15) is 5.26 Å². The Hall–Kier alpha value is -1.53. The lowest BCUT2D eigenvalue weighted by atomic mass is 9.86. The monoisotopic (exact) mass is 273 g/mol. The molecule has 0 amide bonds. The molecule has 20 heavy (non-hydrogen) atoms. The van der Waals surface area contributed by atoms with Crippen LogP contribution in [0.1, 0.15) is 45.7 Å². The lowest BCUT2D eigenvalue weighted by Crippen LogP contribution is -2.39. The summed E-state index contributed by atoms with van der Waals surface area (Å²) in [5, 5.41) is 12.7. The van der Waals surface area contributed by atoms with Crippen LogP contribution in [0, 0.1) is 16.7 Å². The highest BCUT2D eigenvalue weighted by Crippen LogP contribution is 2.29. The van der Waals surface area contributed by atoms with Crippen LogP contribution >= 0.6 is 0 Å². The normalized spacial score (nSPS) is 12.8. The summed E-state index contributed by atoms with van der Waals surface area (Å²) in [6.45, 7) is 12.7. The fourth-order valence-corrected chi connectivity index (χ4v) is 2.15. The maximum absolute atomic E-state index is 9.40. The van der Waals surface area contributed by atoms with E-state index in [1.54, 1.807) is 0 Å². The summed E-state index contributed by atoms with van der Waals surface area (Å²) in [7, 11) is 2.07. The lowest BCUT2D eigenvalue weighted by Gasteiger charge is -2.37. The second-order valence-electron chi connectivity index (χ2n) is 6.40. The average molecular weight is 273 g/mol. The second-order valence-corrected chi connectivity index (χ2v) is 6.40. The van der Waals surface area contributed by atoms with Crippen molar-refractivity contribution in [3.05, 3.63) is 29.3 Å². The summed E-state index contributed by atoms with van der Waals surface area (Å²) >= 11 is 0. The molecule has 0 aliphatic rings. The van der Waals surface area contributed by atoms with Crippen LogP contribution in [0.5, 0.6) is 0 Å². The van der Waals surface area contributed by atoms with Crippen molar-refractivity contribution in [3.8, 4) is 6.07 Å². The van der Waals surface area contributed by atoms with Crippen molar-refractivity contribution in [2.24, 2.45) is 5.41 Å². The summed E-state index contributed by atoms with van der Waals surface area (Å²) in [6.07, 6.45) is 0. The van der Waals surface area contributed by atoms with Crippen molar-refractivity contribution in [3.63, 3.8) is 0 Å². The van der Waals surface area contributed by atoms with E-state index in [0.29, 0.717) is 6.04 Å². The van der Waals surface area contributed by atoms with Gasteiger partial charge in [0.1, 0.15) is 6.07 Å². The minimum absolute atomic E-state index is 0.171. The number of anilines is 1. The molecule has 110 valence electrons. The largest absolute Gasteiger partial charge is 0.370 e. The van der Waals surface area contributed by atoms with Crippen molar-refractivity contribution in [1.29, 1.82) is 5.26 Å². The van der Waals surface area contributed by atoms with Gasteiger partial charge in [-0.3, -0.25) is 0 Å². The molecule has 0 aromatic heterocycles. The first-order valence-electron chi connectivity index (χ1n) is 7.27. The SMILES string of the molecule is CCNCc1ccc(N(C)C(C)C(C)(C)C)c(C#N)c1. The number of nitrogens with one attached hydrogen (secondary N) is 1. The molecule has 1 rings (SSSR count). The molecule has 0 aliphatic carbocycles. The third kappa shape index (κ3) is 3.98. The zero-order valence-corrected chi connectivity index (χ0v) is 13.6. The van der Waals surface area contributed by atoms with Gasteiger partial charge in [-0.05, 0) is 36.6 Å². The van der Waals surface area contributed by atoms with Gasteiger partial charge in [-0.1, -0.05) is 33.8 Å². The third-order valence-electron chi connectivity index (χ3n) is 3.97. The average Bonchev–Trinajstić information content (AvgIpc) is 2.42. The van der Waals surface area contributed by atoms with Gasteiger partial charge in [-0.25, -0.2) is 0 Å². The van der Waals surface area contributed by atoms with Gasteiger partial charge in [0.2, 0.25) is 0 Å². The van der Waals surface area contributed by atoms with E-state index in [1.165, 1.54) is 0 Å². The molecule has 0 saturated carbocycles. The summed E-state index contributed by atoms with van der Waals surface area (Å²) in [5.41, 5.74) is 3.09. The van der Waals surface area contributed by atoms with Gasteiger partial charge in [0.25, 0.3) is 0 Å². The van der Waals surface area contributed by atoms with E-state index in [4.69, 9.17) is 0 Å². The second kappa shape index (κ2) is 6.76. The van der Waals surface area contributed by atoms with E-state index in [0.717, 1.165) is 29.9 Å². The Bertz CT molecular complexity index is 480. The first-order valence-corrected chi connectivity index (χ1v) is 7.27. The molecule has 0 fully saturated rings. The van der Waals surface area contributed by atoms with Crippen molar-refractivity contribution in [1.82, 2.24) is 5.32 Å².